The molecular formula is C14H24N2. The van der Waals surface area contributed by atoms with Crippen LogP contribution in [0.5, 0.6) is 0 Å². The summed E-state index contributed by atoms with van der Waals surface area (Å²) in [6, 6.07) is 5.99. The predicted octanol–water partition coefficient (Wildman–Crippen LogP) is 3.20. The number of aromatic nitrogens is 1. The molecule has 0 aromatic carbocycles. The number of nitrogens with zero attached hydrogens (tertiary/aromatic N) is 1. The zero-order valence-electron chi connectivity index (χ0n) is 10.8. The van der Waals surface area contributed by atoms with Crippen molar-refractivity contribution < 1.29 is 0 Å². The molecule has 2 rings (SSSR count). The molecule has 1 N–H and O–H groups in total. The highest BCUT2D eigenvalue weighted by Crippen LogP contribution is 2.30. The van der Waals surface area contributed by atoms with Crippen LogP contribution in [0, 0.1) is 13.8 Å². The first-order valence-corrected chi connectivity index (χ1v) is 6.60. The Morgan fingerprint density at radius 3 is 2.19 bits per heavy atom. The third kappa shape index (κ3) is 2.32. The van der Waals surface area contributed by atoms with Crippen LogP contribution in [-0.2, 0) is 0 Å². The van der Waals surface area contributed by atoms with E-state index in [1.54, 1.807) is 0 Å². The molecule has 0 radical (unpaired) electrons. The van der Waals surface area contributed by atoms with Crippen LogP contribution in [0.15, 0.2) is 12.1 Å². The van der Waals surface area contributed by atoms with Gasteiger partial charge in [0.05, 0.1) is 0 Å². The summed E-state index contributed by atoms with van der Waals surface area (Å²) in [5.41, 5.74) is 2.84. The zero-order chi connectivity index (χ0) is 11.5. The highest BCUT2D eigenvalue weighted by atomic mass is 15.0. The minimum Gasteiger partial charge on any atom is -0.346 e. The van der Waals surface area contributed by atoms with Gasteiger partial charge >= 0.3 is 0 Å². The van der Waals surface area contributed by atoms with Gasteiger partial charge in [0.15, 0.2) is 0 Å². The van der Waals surface area contributed by atoms with Crippen molar-refractivity contribution in [2.45, 2.75) is 58.5 Å². The molecule has 90 valence electrons. The molecule has 1 aromatic rings. The Morgan fingerprint density at radius 1 is 1.12 bits per heavy atom. The van der Waals surface area contributed by atoms with Crippen molar-refractivity contribution in [2.24, 2.45) is 0 Å². The lowest BCUT2D eigenvalue weighted by Gasteiger charge is -2.31. The SMILES string of the molecule is CCNC1CCC(n2c(C)ccc2C)CC1. The lowest BCUT2D eigenvalue weighted by atomic mass is 9.90. The Morgan fingerprint density at radius 2 is 1.69 bits per heavy atom. The molecule has 0 atom stereocenters. The van der Waals surface area contributed by atoms with E-state index in [4.69, 9.17) is 0 Å². The van der Waals surface area contributed by atoms with E-state index in [1.807, 2.05) is 0 Å². The normalized spacial score (nSPS) is 25.9. The van der Waals surface area contributed by atoms with Gasteiger partial charge in [-0.2, -0.15) is 0 Å². The molecule has 0 aliphatic heterocycles. The van der Waals surface area contributed by atoms with Gasteiger partial charge in [0, 0.05) is 23.5 Å². The minimum atomic E-state index is 0.741. The average Bonchev–Trinajstić information content (AvgIpc) is 2.61. The Kier molecular flexibility index (Phi) is 3.70. The van der Waals surface area contributed by atoms with Crippen molar-refractivity contribution in [3.8, 4) is 0 Å². The first kappa shape index (κ1) is 11.7. The van der Waals surface area contributed by atoms with E-state index in [-0.39, 0.29) is 0 Å². The first-order chi connectivity index (χ1) is 7.72. The summed E-state index contributed by atoms with van der Waals surface area (Å²) in [4.78, 5) is 0. The molecule has 1 aliphatic rings. The largest absolute Gasteiger partial charge is 0.346 e. The topological polar surface area (TPSA) is 17.0 Å². The smallest absolute Gasteiger partial charge is 0.0336 e. The molecule has 2 nitrogen and oxygen atoms in total. The van der Waals surface area contributed by atoms with Crippen LogP contribution in [0.3, 0.4) is 0 Å². The van der Waals surface area contributed by atoms with Crippen LogP contribution in [0.25, 0.3) is 0 Å². The molecule has 2 heteroatoms. The second kappa shape index (κ2) is 5.05. The first-order valence-electron chi connectivity index (χ1n) is 6.60. The summed E-state index contributed by atoms with van der Waals surface area (Å²) in [6.07, 6.45) is 5.31. The number of hydrogen-bond donors (Lipinski definition) is 1. The molecule has 1 aliphatic carbocycles. The van der Waals surface area contributed by atoms with Crippen LogP contribution >= 0.6 is 0 Å². The molecule has 0 amide bonds. The molecule has 16 heavy (non-hydrogen) atoms. The molecule has 0 spiro atoms. The molecule has 1 aromatic heterocycles. The maximum absolute atomic E-state index is 3.57. The Balaban J connectivity index is 1.99. The van der Waals surface area contributed by atoms with Gasteiger partial charge in [-0.25, -0.2) is 0 Å². The fourth-order valence-corrected chi connectivity index (χ4v) is 3.08. The monoisotopic (exact) mass is 220 g/mol. The third-order valence-corrected chi connectivity index (χ3v) is 3.88. The molecule has 0 unspecified atom stereocenters. The van der Waals surface area contributed by atoms with Gasteiger partial charge in [0.25, 0.3) is 0 Å². The second-order valence-electron chi connectivity index (χ2n) is 5.05. The van der Waals surface area contributed by atoms with Crippen molar-refractivity contribution >= 4 is 0 Å². The third-order valence-electron chi connectivity index (χ3n) is 3.88. The molecule has 0 saturated heterocycles. The van der Waals surface area contributed by atoms with Crippen molar-refractivity contribution in [3.63, 3.8) is 0 Å². The Labute approximate surface area is 99.0 Å². The van der Waals surface area contributed by atoms with Crippen LogP contribution < -0.4 is 5.32 Å². The number of hydrogen-bond acceptors (Lipinski definition) is 1. The number of rotatable bonds is 3. The summed E-state index contributed by atoms with van der Waals surface area (Å²) in [7, 11) is 0. The summed E-state index contributed by atoms with van der Waals surface area (Å²) in [5, 5.41) is 3.57. The van der Waals surface area contributed by atoms with E-state index >= 15 is 0 Å². The summed E-state index contributed by atoms with van der Waals surface area (Å²) in [6.45, 7) is 7.76. The van der Waals surface area contributed by atoms with E-state index < -0.39 is 0 Å². The van der Waals surface area contributed by atoms with Gasteiger partial charge in [-0.1, -0.05) is 6.92 Å². The van der Waals surface area contributed by atoms with Crippen molar-refractivity contribution in [2.75, 3.05) is 6.54 Å². The van der Waals surface area contributed by atoms with Gasteiger partial charge in [0.1, 0.15) is 0 Å². The predicted molar refractivity (Wildman–Crippen MR) is 68.9 cm³/mol. The van der Waals surface area contributed by atoms with Crippen molar-refractivity contribution in [1.29, 1.82) is 0 Å². The van der Waals surface area contributed by atoms with E-state index in [0.717, 1.165) is 18.6 Å². The molecular weight excluding hydrogens is 196 g/mol. The van der Waals surface area contributed by atoms with Crippen LogP contribution in [-0.4, -0.2) is 17.2 Å². The van der Waals surface area contributed by atoms with Crippen LogP contribution in [0.1, 0.15) is 50.0 Å². The van der Waals surface area contributed by atoms with E-state index in [1.165, 1.54) is 37.1 Å². The maximum atomic E-state index is 3.57. The number of nitrogens with one attached hydrogen (secondary N) is 1. The quantitative estimate of drug-likeness (QED) is 0.827. The lowest BCUT2D eigenvalue weighted by molar-refractivity contribution is 0.289. The molecule has 0 bridgehead atoms. The Hall–Kier alpha value is -0.760. The number of aryl methyl sites for hydroxylation is 2. The standard InChI is InChI=1S/C14H24N2/c1-4-15-13-7-9-14(10-8-13)16-11(2)5-6-12(16)3/h5-6,13-15H,4,7-10H2,1-3H3. The van der Waals surface area contributed by atoms with Crippen LogP contribution in [0.2, 0.25) is 0 Å². The molecule has 1 saturated carbocycles. The fourth-order valence-electron chi connectivity index (χ4n) is 3.08. The fraction of sp³-hybridized carbons (Fsp3) is 0.714. The summed E-state index contributed by atoms with van der Waals surface area (Å²) < 4.78 is 2.53. The maximum Gasteiger partial charge on any atom is 0.0336 e. The summed E-state index contributed by atoms with van der Waals surface area (Å²) in [5.74, 6) is 0. The van der Waals surface area contributed by atoms with Crippen LogP contribution in [0.4, 0.5) is 0 Å². The van der Waals surface area contributed by atoms with E-state index in [0.29, 0.717) is 0 Å². The van der Waals surface area contributed by atoms with Crippen molar-refractivity contribution in [1.82, 2.24) is 9.88 Å². The highest BCUT2D eigenvalue weighted by molar-refractivity contribution is 5.15. The molecule has 1 fully saturated rings. The average molecular weight is 220 g/mol. The second-order valence-corrected chi connectivity index (χ2v) is 5.05. The minimum absolute atomic E-state index is 0.741. The van der Waals surface area contributed by atoms with E-state index in [2.05, 4.69) is 42.8 Å². The zero-order valence-corrected chi connectivity index (χ0v) is 10.8. The lowest BCUT2D eigenvalue weighted by Crippen LogP contribution is -2.33. The van der Waals surface area contributed by atoms with Gasteiger partial charge in [0.2, 0.25) is 0 Å². The summed E-state index contributed by atoms with van der Waals surface area (Å²) >= 11 is 0. The van der Waals surface area contributed by atoms with E-state index in [9.17, 15) is 0 Å². The van der Waals surface area contributed by atoms with Gasteiger partial charge in [-0.3, -0.25) is 0 Å². The highest BCUT2D eigenvalue weighted by Gasteiger charge is 2.22. The van der Waals surface area contributed by atoms with Gasteiger partial charge < -0.3 is 9.88 Å². The van der Waals surface area contributed by atoms with Gasteiger partial charge in [-0.15, -0.1) is 0 Å². The van der Waals surface area contributed by atoms with Gasteiger partial charge in [-0.05, 0) is 58.2 Å². The molecule has 1 heterocycles. The van der Waals surface area contributed by atoms with Crippen molar-refractivity contribution in [3.05, 3.63) is 23.5 Å². The Bertz CT molecular complexity index is 313.